The maximum Gasteiger partial charge on any atom is 0.287 e. The zero-order valence-corrected chi connectivity index (χ0v) is 26.4. The molecule has 1 unspecified atom stereocenters. The van der Waals surface area contributed by atoms with Crippen molar-refractivity contribution in [3.8, 4) is 11.5 Å². The summed E-state index contributed by atoms with van der Waals surface area (Å²) >= 11 is 5.26. The first-order valence-corrected chi connectivity index (χ1v) is 16.9. The lowest BCUT2D eigenvalue weighted by Gasteiger charge is -2.37. The number of H-pyrrole nitrogens is 1. The van der Waals surface area contributed by atoms with Crippen LogP contribution in [0.25, 0.3) is 11.2 Å². The predicted molar refractivity (Wildman–Crippen MR) is 171 cm³/mol. The number of ether oxygens (including phenoxy) is 4. The molecule has 46 heavy (non-hydrogen) atoms. The van der Waals surface area contributed by atoms with Gasteiger partial charge >= 0.3 is 0 Å². The van der Waals surface area contributed by atoms with Crippen LogP contribution in [0.2, 0.25) is 0 Å². The highest BCUT2D eigenvalue weighted by Gasteiger charge is 2.61. The van der Waals surface area contributed by atoms with Gasteiger partial charge < -0.3 is 36.9 Å². The number of nitrogens with one attached hydrogen (secondary N) is 1. The Balaban J connectivity index is 1.31. The molecule has 0 spiro atoms. The van der Waals surface area contributed by atoms with E-state index in [1.54, 1.807) is 14.2 Å². The minimum Gasteiger partial charge on any atom is -0.497 e. The van der Waals surface area contributed by atoms with E-state index in [2.05, 4.69) is 15.0 Å². The number of nitrogens with two attached hydrogens (primary N) is 1. The van der Waals surface area contributed by atoms with Crippen LogP contribution in [0.15, 0.2) is 90.0 Å². The summed E-state index contributed by atoms with van der Waals surface area (Å²) in [5, 5.41) is 0. The Kier molecular flexibility index (Phi) is 7.97. The van der Waals surface area contributed by atoms with E-state index in [4.69, 9.17) is 46.0 Å². The summed E-state index contributed by atoms with van der Waals surface area (Å²) in [6.45, 7) is -0.0217. The highest BCUT2D eigenvalue weighted by Crippen LogP contribution is 2.66. The van der Waals surface area contributed by atoms with E-state index in [1.807, 2.05) is 78.9 Å². The first kappa shape index (κ1) is 30.6. The van der Waals surface area contributed by atoms with Crippen LogP contribution in [0.1, 0.15) is 22.9 Å². The molecule has 15 heteroatoms. The number of nitrogens with zero attached hydrogens (tertiary/aromatic N) is 3. The van der Waals surface area contributed by atoms with Crippen LogP contribution in [0.5, 0.6) is 11.5 Å². The predicted octanol–water partition coefficient (Wildman–Crippen LogP) is 3.63. The molecule has 5 aromatic rings. The Morgan fingerprint density at radius 2 is 1.54 bits per heavy atom. The second-order valence-electron chi connectivity index (χ2n) is 10.8. The Bertz CT molecular complexity index is 1860. The number of methoxy groups -OCH3 is 2. The molecule has 0 radical (unpaired) electrons. The molecule has 2 aliphatic rings. The van der Waals surface area contributed by atoms with Crippen molar-refractivity contribution in [2.75, 3.05) is 26.6 Å². The molecule has 5 atom stereocenters. The second kappa shape index (κ2) is 12.0. The average Bonchev–Trinajstić information content (AvgIpc) is 3.73. The van der Waals surface area contributed by atoms with Gasteiger partial charge in [-0.25, -0.2) is 9.88 Å². The van der Waals surface area contributed by atoms with Gasteiger partial charge in [0.25, 0.3) is 12.7 Å². The van der Waals surface area contributed by atoms with Crippen molar-refractivity contribution >= 4 is 36.5 Å². The Labute approximate surface area is 268 Å². The van der Waals surface area contributed by atoms with E-state index in [1.165, 1.54) is 10.9 Å². The van der Waals surface area contributed by atoms with Crippen molar-refractivity contribution in [1.82, 2.24) is 19.5 Å². The van der Waals surface area contributed by atoms with Gasteiger partial charge in [-0.15, -0.1) is 0 Å². The van der Waals surface area contributed by atoms with Gasteiger partial charge in [-0.3, -0.25) is 14.3 Å². The third-order valence-electron chi connectivity index (χ3n) is 8.16. The summed E-state index contributed by atoms with van der Waals surface area (Å²) in [5.41, 5.74) is 6.95. The molecule has 2 saturated heterocycles. The van der Waals surface area contributed by atoms with Crippen molar-refractivity contribution in [3.05, 3.63) is 112 Å². The molecule has 7 rings (SSSR count). The molecule has 4 N–H and O–H groups in total. The van der Waals surface area contributed by atoms with Crippen molar-refractivity contribution in [2.24, 2.45) is 0 Å². The molecule has 2 aromatic heterocycles. The van der Waals surface area contributed by atoms with Crippen molar-refractivity contribution in [3.63, 3.8) is 0 Å². The number of anilines is 1. The van der Waals surface area contributed by atoms with Crippen molar-refractivity contribution in [1.29, 1.82) is 0 Å². The molecule has 0 aliphatic carbocycles. The minimum absolute atomic E-state index is 0.0217. The highest BCUT2D eigenvalue weighted by molar-refractivity contribution is 8.35. The molecule has 13 nitrogen and oxygen atoms in total. The lowest BCUT2D eigenvalue weighted by molar-refractivity contribution is -0.0965. The number of aromatic nitrogens is 4. The fourth-order valence-electron chi connectivity index (χ4n) is 6.05. The molecule has 2 fully saturated rings. The maximum absolute atomic E-state index is 12.5. The molecular formula is C31H30N5O8PS. The zero-order chi connectivity index (χ0) is 32.1. The SMILES string of the molecule is COc1ccc(C(OC[C@H]2O[C@@H](n3cnc4c(=O)[nH]c(N)nc43)[C@@H]3O[P+](O)([S-])O[C@@H]32)(c2ccccc2)c2ccc(OC)cc2)cc1. The summed E-state index contributed by atoms with van der Waals surface area (Å²) in [6.07, 6.45) is -1.94. The smallest absolute Gasteiger partial charge is 0.287 e. The maximum atomic E-state index is 12.5. The van der Waals surface area contributed by atoms with Crippen LogP contribution in [-0.2, 0) is 36.4 Å². The van der Waals surface area contributed by atoms with Crippen LogP contribution in [0.3, 0.4) is 0 Å². The molecule has 238 valence electrons. The van der Waals surface area contributed by atoms with Gasteiger partial charge in [0.1, 0.15) is 23.2 Å². The number of rotatable bonds is 9. The number of fused-ring (bicyclic) bond motifs is 2. The lowest BCUT2D eigenvalue weighted by atomic mass is 9.80. The minimum atomic E-state index is -3.61. The van der Waals surface area contributed by atoms with E-state index in [0.29, 0.717) is 11.5 Å². The first-order valence-electron chi connectivity index (χ1n) is 14.3. The summed E-state index contributed by atoms with van der Waals surface area (Å²) in [4.78, 5) is 34.1. The summed E-state index contributed by atoms with van der Waals surface area (Å²) in [6, 6.07) is 25.1. The number of nitrogen functional groups attached to an aromatic ring is 1. The normalized spacial score (nSPS) is 24.3. The molecule has 2 aliphatic heterocycles. The molecule has 0 amide bonds. The van der Waals surface area contributed by atoms with Crippen molar-refractivity contribution < 1.29 is 32.9 Å². The molecule has 4 heterocycles. The summed E-state index contributed by atoms with van der Waals surface area (Å²) in [5.74, 6) is 1.29. The topological polar surface area (TPSA) is 165 Å². The Morgan fingerprint density at radius 3 is 2.15 bits per heavy atom. The number of aromatic amines is 1. The molecule has 0 saturated carbocycles. The average molecular weight is 664 g/mol. The Hall–Kier alpha value is -4.01. The van der Waals surface area contributed by atoms with Crippen LogP contribution in [-0.4, -0.2) is 63.6 Å². The standard InChI is InChI=1S/C31H30N5O8PS/c1-39-21-12-8-19(9-13-21)31(18-6-4-3-5-7-18,20-10-14-22(40-2)15-11-20)41-16-23-25-26(44-45(38,46)43-25)29(42-23)36-17-33-24-27(36)34-30(32)35-28(24)37/h3-15,17,23,25-26,29H,16H2,1-2H3,(H,38,46)(H3,32,34,35,37)/t23-,25-,26-,29-,45?/m1/s1. The zero-order valence-electron chi connectivity index (χ0n) is 24.7. The number of imidazole rings is 1. The van der Waals surface area contributed by atoms with E-state index in [-0.39, 0.29) is 23.7 Å². The van der Waals surface area contributed by atoms with E-state index >= 15 is 0 Å². The van der Waals surface area contributed by atoms with Crippen LogP contribution in [0.4, 0.5) is 5.95 Å². The van der Waals surface area contributed by atoms with Gasteiger partial charge in [0.2, 0.25) is 5.95 Å². The van der Waals surface area contributed by atoms with Crippen LogP contribution >= 0.6 is 7.15 Å². The summed E-state index contributed by atoms with van der Waals surface area (Å²) < 4.78 is 37.7. The fourth-order valence-corrected chi connectivity index (χ4v) is 7.79. The molecule has 0 bridgehead atoms. The van der Waals surface area contributed by atoms with Gasteiger partial charge in [0.05, 0.1) is 27.2 Å². The lowest BCUT2D eigenvalue weighted by Crippen LogP contribution is -2.39. The first-order chi connectivity index (χ1) is 22.2. The number of hydrogen-bond donors (Lipinski definition) is 3. The highest BCUT2D eigenvalue weighted by atomic mass is 32.7. The van der Waals surface area contributed by atoms with Crippen LogP contribution in [0, 0.1) is 0 Å². The van der Waals surface area contributed by atoms with Crippen LogP contribution < -0.4 is 20.8 Å². The largest absolute Gasteiger partial charge is 0.497 e. The van der Waals surface area contributed by atoms with Gasteiger partial charge in [0, 0.05) is 0 Å². The summed E-state index contributed by atoms with van der Waals surface area (Å²) in [7, 11) is -0.388. The van der Waals surface area contributed by atoms with E-state index in [9.17, 15) is 9.69 Å². The van der Waals surface area contributed by atoms with Gasteiger partial charge in [-0.1, -0.05) is 54.6 Å². The fraction of sp³-hybridized carbons (Fsp3) is 0.258. The third kappa shape index (κ3) is 5.31. The van der Waals surface area contributed by atoms with Gasteiger partial charge in [-0.05, 0) is 41.0 Å². The second-order valence-corrected chi connectivity index (χ2v) is 13.5. The van der Waals surface area contributed by atoms with Gasteiger partial charge in [-0.2, -0.15) is 14.0 Å². The van der Waals surface area contributed by atoms with E-state index < -0.39 is 42.8 Å². The Morgan fingerprint density at radius 1 is 0.957 bits per heavy atom. The molecule has 3 aromatic carbocycles. The number of benzene rings is 3. The monoisotopic (exact) mass is 663 g/mol. The quantitative estimate of drug-likeness (QED) is 0.119. The van der Waals surface area contributed by atoms with E-state index in [0.717, 1.165) is 16.7 Å². The van der Waals surface area contributed by atoms with Gasteiger partial charge in [0.15, 0.2) is 29.6 Å². The number of hydrogen-bond acceptors (Lipinski definition) is 12. The van der Waals surface area contributed by atoms with Crippen molar-refractivity contribution in [2.45, 2.75) is 30.1 Å². The third-order valence-corrected chi connectivity index (χ3v) is 9.69. The molecular weight excluding hydrogens is 633 g/mol.